The molecule has 0 spiro atoms. The molecule has 0 radical (unpaired) electrons. The fourth-order valence-electron chi connectivity index (χ4n) is 12.9. The van der Waals surface area contributed by atoms with Crippen molar-refractivity contribution in [1.82, 2.24) is 5.32 Å². The van der Waals surface area contributed by atoms with Gasteiger partial charge in [0.15, 0.2) is 0 Å². The molecule has 1 N–H and O–H groups in total. The molecule has 8 aliphatic rings. The lowest BCUT2D eigenvalue weighted by Crippen LogP contribution is -2.39. The first-order valence-electron chi connectivity index (χ1n) is 22.1. The van der Waals surface area contributed by atoms with Gasteiger partial charge in [-0.1, -0.05) is 87.6 Å². The predicted octanol–water partition coefficient (Wildman–Crippen LogP) is 12.9. The Hall–Kier alpha value is -3.72. The molecular formula is C51H63N3. The van der Waals surface area contributed by atoms with E-state index in [1.165, 1.54) is 98.8 Å². The Morgan fingerprint density at radius 2 is 1.69 bits per heavy atom. The highest BCUT2D eigenvalue weighted by Crippen LogP contribution is 2.62. The Morgan fingerprint density at radius 3 is 2.48 bits per heavy atom. The van der Waals surface area contributed by atoms with Crippen LogP contribution in [-0.2, 0) is 0 Å². The van der Waals surface area contributed by atoms with Crippen LogP contribution in [0.4, 0.5) is 11.4 Å². The van der Waals surface area contributed by atoms with E-state index in [9.17, 15) is 0 Å². The van der Waals surface area contributed by atoms with Gasteiger partial charge in [0.25, 0.3) is 0 Å². The molecule has 1 saturated carbocycles. The van der Waals surface area contributed by atoms with Crippen molar-refractivity contribution in [3.63, 3.8) is 0 Å². The van der Waals surface area contributed by atoms with Crippen molar-refractivity contribution >= 4 is 16.9 Å². The van der Waals surface area contributed by atoms with E-state index < -0.39 is 0 Å². The maximum Gasteiger partial charge on any atom is 0.0471 e. The lowest BCUT2D eigenvalue weighted by molar-refractivity contribution is 0.182. The highest BCUT2D eigenvalue weighted by Gasteiger charge is 2.55. The molecule has 0 aromatic heterocycles. The molecule has 54 heavy (non-hydrogen) atoms. The molecular weight excluding hydrogens is 655 g/mol. The van der Waals surface area contributed by atoms with Crippen molar-refractivity contribution in [2.45, 2.75) is 129 Å². The number of anilines is 2. The average Bonchev–Trinajstić information content (AvgIpc) is 3.68. The van der Waals surface area contributed by atoms with E-state index in [1.807, 2.05) is 0 Å². The Balaban J connectivity index is 0.952. The topological polar surface area (TPSA) is 18.5 Å². The first-order chi connectivity index (χ1) is 26.5. The molecule has 2 aliphatic heterocycles. The SMILES string of the molecule is CC1CC=CC2c3cc(C4CC=C(N(C5=CCC6C7CCC=CC7C(C)(C)C6C5)c5ccc(C6=CNCCC6)cc5)CC4)ccc3N(C3=CCCCC3)C12. The van der Waals surface area contributed by atoms with Crippen LogP contribution in [-0.4, -0.2) is 12.6 Å². The molecule has 8 atom stereocenters. The Labute approximate surface area is 326 Å². The average molecular weight is 718 g/mol. The second kappa shape index (κ2) is 14.1. The highest BCUT2D eigenvalue weighted by atomic mass is 15.2. The Bertz CT molecular complexity index is 1930. The second-order valence-electron chi connectivity index (χ2n) is 19.0. The number of hydrogen-bond donors (Lipinski definition) is 1. The molecule has 8 unspecified atom stereocenters. The first-order valence-corrected chi connectivity index (χ1v) is 22.1. The van der Waals surface area contributed by atoms with Gasteiger partial charge in [-0.05, 0) is 171 Å². The quantitative estimate of drug-likeness (QED) is 0.300. The van der Waals surface area contributed by atoms with Crippen molar-refractivity contribution < 1.29 is 0 Å². The zero-order valence-corrected chi connectivity index (χ0v) is 33.3. The molecule has 10 rings (SSSR count). The third-order valence-electron chi connectivity index (χ3n) is 15.7. The molecule has 3 nitrogen and oxygen atoms in total. The van der Waals surface area contributed by atoms with Crippen molar-refractivity contribution in [1.29, 1.82) is 0 Å². The van der Waals surface area contributed by atoms with Crippen LogP contribution in [0.15, 0.2) is 108 Å². The number of fused-ring (bicyclic) bond motifs is 6. The monoisotopic (exact) mass is 718 g/mol. The minimum atomic E-state index is 0.342. The zero-order chi connectivity index (χ0) is 36.4. The van der Waals surface area contributed by atoms with Crippen molar-refractivity contribution in [3.05, 3.63) is 125 Å². The summed E-state index contributed by atoms with van der Waals surface area (Å²) in [6.45, 7) is 8.77. The standard InChI is InChI=1S/C51H63N3/c1-34-11-9-16-45-46-31-37(22-29-49(46)54(50(34)45)39-13-5-4-6-14-39)35-18-23-40(24-19-35)53(41-25-20-36(21-26-41)38-12-10-30-52-33-38)42-27-28-44-43-15-7-8-17-47(43)51(2,3)48(44)32-42/h8-9,13,16-17,20-23,25-27,29,31,33-35,43-45,47-48,50,52H,4-7,10-12,14-15,18-19,24,28,30,32H2,1-3H3. The maximum absolute atomic E-state index is 3.48. The summed E-state index contributed by atoms with van der Waals surface area (Å²) >= 11 is 0. The molecule has 2 heterocycles. The molecule has 3 heteroatoms. The maximum atomic E-state index is 3.48. The summed E-state index contributed by atoms with van der Waals surface area (Å²) < 4.78 is 0. The lowest BCUT2D eigenvalue weighted by Gasteiger charge is -2.41. The number of allylic oxidation sites excluding steroid dienone is 10. The van der Waals surface area contributed by atoms with Gasteiger partial charge in [0.05, 0.1) is 0 Å². The van der Waals surface area contributed by atoms with Crippen LogP contribution < -0.4 is 15.1 Å². The van der Waals surface area contributed by atoms with Gasteiger partial charge in [-0.25, -0.2) is 0 Å². The van der Waals surface area contributed by atoms with E-state index in [-0.39, 0.29) is 0 Å². The molecule has 1 fully saturated rings. The zero-order valence-electron chi connectivity index (χ0n) is 33.3. The highest BCUT2D eigenvalue weighted by molar-refractivity contribution is 5.70. The molecule has 2 aromatic rings. The van der Waals surface area contributed by atoms with Gasteiger partial charge in [0.1, 0.15) is 0 Å². The van der Waals surface area contributed by atoms with Gasteiger partial charge in [0.2, 0.25) is 0 Å². The third kappa shape index (κ3) is 5.90. The number of nitrogens with zero attached hydrogens (tertiary/aromatic N) is 2. The van der Waals surface area contributed by atoms with Crippen LogP contribution in [0.5, 0.6) is 0 Å². The number of nitrogens with one attached hydrogen (secondary N) is 1. The summed E-state index contributed by atoms with van der Waals surface area (Å²) in [5.41, 5.74) is 13.8. The Morgan fingerprint density at radius 1 is 0.796 bits per heavy atom. The van der Waals surface area contributed by atoms with Crippen LogP contribution >= 0.6 is 0 Å². The summed E-state index contributed by atoms with van der Waals surface area (Å²) in [4.78, 5) is 5.52. The fraction of sp³-hybridized carbons (Fsp3) is 0.529. The minimum Gasteiger partial charge on any atom is -0.391 e. The third-order valence-corrected chi connectivity index (χ3v) is 15.7. The van der Waals surface area contributed by atoms with E-state index >= 15 is 0 Å². The molecule has 0 saturated heterocycles. The normalized spacial score (nSPS) is 33.6. The first kappa shape index (κ1) is 34.7. The van der Waals surface area contributed by atoms with Crippen LogP contribution in [0.25, 0.3) is 5.57 Å². The van der Waals surface area contributed by atoms with Crippen molar-refractivity contribution in [2.75, 3.05) is 16.3 Å². The summed E-state index contributed by atoms with van der Waals surface area (Å²) in [7, 11) is 0. The van der Waals surface area contributed by atoms with Crippen molar-refractivity contribution in [3.8, 4) is 0 Å². The Kier molecular flexibility index (Phi) is 9.07. The van der Waals surface area contributed by atoms with Gasteiger partial charge in [-0.15, -0.1) is 0 Å². The van der Waals surface area contributed by atoms with Gasteiger partial charge in [-0.3, -0.25) is 0 Å². The molecule has 2 aromatic carbocycles. The van der Waals surface area contributed by atoms with E-state index in [0.29, 0.717) is 29.2 Å². The van der Waals surface area contributed by atoms with Crippen LogP contribution in [0.3, 0.4) is 0 Å². The predicted molar refractivity (Wildman–Crippen MR) is 227 cm³/mol. The number of rotatable bonds is 6. The molecule has 0 amide bonds. The van der Waals surface area contributed by atoms with Gasteiger partial charge < -0.3 is 15.1 Å². The smallest absolute Gasteiger partial charge is 0.0471 e. The van der Waals surface area contributed by atoms with Crippen molar-refractivity contribution in [2.24, 2.45) is 35.0 Å². The fourth-order valence-corrected chi connectivity index (χ4v) is 12.9. The van der Waals surface area contributed by atoms with Gasteiger partial charge >= 0.3 is 0 Å². The van der Waals surface area contributed by atoms with Gasteiger partial charge in [0, 0.05) is 53.2 Å². The van der Waals surface area contributed by atoms with Crippen LogP contribution in [0, 0.1) is 35.0 Å². The summed E-state index contributed by atoms with van der Waals surface area (Å²) in [5.74, 6) is 4.92. The van der Waals surface area contributed by atoms with E-state index in [0.717, 1.165) is 49.5 Å². The molecule has 0 bridgehead atoms. The van der Waals surface area contributed by atoms with Gasteiger partial charge in [-0.2, -0.15) is 0 Å². The van der Waals surface area contributed by atoms with E-state index in [2.05, 4.69) is 127 Å². The summed E-state index contributed by atoms with van der Waals surface area (Å²) in [6.07, 6.45) is 37.5. The minimum absolute atomic E-state index is 0.342. The largest absolute Gasteiger partial charge is 0.391 e. The molecule has 6 aliphatic carbocycles. The second-order valence-corrected chi connectivity index (χ2v) is 19.0. The van der Waals surface area contributed by atoms with E-state index in [1.54, 1.807) is 22.5 Å². The van der Waals surface area contributed by atoms with Crippen LogP contribution in [0.2, 0.25) is 0 Å². The van der Waals surface area contributed by atoms with Crippen LogP contribution in [0.1, 0.15) is 139 Å². The number of benzene rings is 2. The molecule has 282 valence electrons. The lowest BCUT2D eigenvalue weighted by atomic mass is 9.70. The summed E-state index contributed by atoms with van der Waals surface area (Å²) in [6, 6.07) is 17.9. The number of hydrogen-bond acceptors (Lipinski definition) is 3. The van der Waals surface area contributed by atoms with E-state index in [4.69, 9.17) is 0 Å². The summed E-state index contributed by atoms with van der Waals surface area (Å²) in [5, 5.41) is 3.48.